The number of aliphatic hydroxyl groups excluding tert-OH is 1. The second kappa shape index (κ2) is 5.89. The number of para-hydroxylation sites is 1. The van der Waals surface area contributed by atoms with Crippen molar-refractivity contribution >= 4 is 27.7 Å². The zero-order valence-electron chi connectivity index (χ0n) is 14.5. The molecule has 0 radical (unpaired) electrons. The van der Waals surface area contributed by atoms with Crippen LogP contribution in [-0.4, -0.2) is 24.0 Å². The lowest BCUT2D eigenvalue weighted by molar-refractivity contribution is 0.0524. The summed E-state index contributed by atoms with van der Waals surface area (Å²) in [7, 11) is 0. The lowest BCUT2D eigenvalue weighted by atomic mass is 9.76. The van der Waals surface area contributed by atoms with Crippen LogP contribution < -0.4 is 9.64 Å². The number of halogens is 1. The number of hydrogen-bond acceptors (Lipinski definition) is 3. The van der Waals surface area contributed by atoms with Crippen molar-refractivity contribution < 1.29 is 9.84 Å². The molecule has 0 aliphatic carbocycles. The summed E-state index contributed by atoms with van der Waals surface area (Å²) in [5.74, 6) is 0.889. The van der Waals surface area contributed by atoms with E-state index in [1.54, 1.807) is 0 Å². The van der Waals surface area contributed by atoms with E-state index in [0.717, 1.165) is 22.3 Å². The molecule has 0 fully saturated rings. The fourth-order valence-corrected chi connectivity index (χ4v) is 4.47. The van der Waals surface area contributed by atoms with E-state index < -0.39 is 5.72 Å². The van der Waals surface area contributed by atoms with E-state index in [9.17, 15) is 5.11 Å². The molecule has 4 heteroatoms. The first-order chi connectivity index (χ1) is 12.0. The summed E-state index contributed by atoms with van der Waals surface area (Å²) in [6, 6.07) is 14.6. The molecule has 2 aromatic rings. The maximum atomic E-state index is 9.39. The minimum absolute atomic E-state index is 0.169. The first-order valence-corrected chi connectivity index (χ1v) is 9.45. The van der Waals surface area contributed by atoms with Crippen molar-refractivity contribution in [1.82, 2.24) is 0 Å². The van der Waals surface area contributed by atoms with Crippen LogP contribution in [0.15, 0.2) is 53.0 Å². The molecule has 25 heavy (non-hydrogen) atoms. The highest BCUT2D eigenvalue weighted by Gasteiger charge is 2.58. The van der Waals surface area contributed by atoms with E-state index in [1.165, 1.54) is 11.3 Å². The molecule has 1 N–H and O–H groups in total. The number of fused-ring (bicyclic) bond motifs is 2. The van der Waals surface area contributed by atoms with E-state index in [2.05, 4.69) is 77.2 Å². The minimum Gasteiger partial charge on any atom is -0.463 e. The van der Waals surface area contributed by atoms with Crippen LogP contribution in [-0.2, 0) is 5.41 Å². The summed E-state index contributed by atoms with van der Waals surface area (Å²) in [6.45, 7) is 5.38. The number of aliphatic hydroxyl groups is 1. The fraction of sp³-hybridized carbons (Fsp3) is 0.333. The van der Waals surface area contributed by atoms with E-state index in [-0.39, 0.29) is 12.0 Å². The van der Waals surface area contributed by atoms with Crippen LogP contribution in [0.3, 0.4) is 0 Å². The molecule has 0 saturated carbocycles. The predicted molar refractivity (Wildman–Crippen MR) is 105 cm³/mol. The molecule has 0 amide bonds. The van der Waals surface area contributed by atoms with Gasteiger partial charge in [-0.3, -0.25) is 0 Å². The molecule has 2 heterocycles. The summed E-state index contributed by atoms with van der Waals surface area (Å²) in [5, 5.41) is 9.39. The number of anilines is 1. The van der Waals surface area contributed by atoms with Gasteiger partial charge in [0.05, 0.1) is 5.41 Å². The fourth-order valence-electron chi connectivity index (χ4n) is 4.09. The second-order valence-corrected chi connectivity index (χ2v) is 8.10. The molecule has 0 aromatic heterocycles. The molecule has 130 valence electrons. The standard InChI is InChI=1S/C21H22BrNO2/c1-20(2)17-6-3-4-7-18(17)23(12-5-13-24)21(20)11-10-15-14-16(22)8-9-19(15)25-21/h3-4,6-11,14,24H,5,12-13H2,1-2H3. The molecular formula is C21H22BrNO2. The number of hydrogen-bond donors (Lipinski definition) is 1. The highest BCUT2D eigenvalue weighted by atomic mass is 79.9. The van der Waals surface area contributed by atoms with Crippen molar-refractivity contribution in [2.45, 2.75) is 31.4 Å². The van der Waals surface area contributed by atoms with E-state index >= 15 is 0 Å². The summed E-state index contributed by atoms with van der Waals surface area (Å²) in [4.78, 5) is 2.31. The zero-order chi connectivity index (χ0) is 17.7. The van der Waals surface area contributed by atoms with E-state index in [1.807, 2.05) is 12.1 Å². The molecule has 2 aliphatic heterocycles. The van der Waals surface area contributed by atoms with Gasteiger partial charge in [-0.05, 0) is 62.2 Å². The Morgan fingerprint density at radius 1 is 1.16 bits per heavy atom. The summed E-state index contributed by atoms with van der Waals surface area (Å²) >= 11 is 3.53. The molecule has 4 rings (SSSR count). The molecule has 2 aromatic carbocycles. The van der Waals surface area contributed by atoms with Gasteiger partial charge >= 0.3 is 0 Å². The highest BCUT2D eigenvalue weighted by Crippen LogP contribution is 2.54. The van der Waals surface area contributed by atoms with Crippen LogP contribution in [0.4, 0.5) is 5.69 Å². The van der Waals surface area contributed by atoms with Crippen LogP contribution in [0.2, 0.25) is 0 Å². The van der Waals surface area contributed by atoms with Gasteiger partial charge in [0.1, 0.15) is 5.75 Å². The Hall–Kier alpha value is -1.78. The molecule has 2 aliphatic rings. The molecule has 3 nitrogen and oxygen atoms in total. The molecule has 1 unspecified atom stereocenters. The van der Waals surface area contributed by atoms with E-state index in [4.69, 9.17) is 4.74 Å². The Balaban J connectivity index is 1.86. The number of ether oxygens (including phenoxy) is 1. The van der Waals surface area contributed by atoms with Gasteiger partial charge in [-0.2, -0.15) is 0 Å². The van der Waals surface area contributed by atoms with Gasteiger partial charge in [0, 0.05) is 28.9 Å². The Bertz CT molecular complexity index is 846. The van der Waals surface area contributed by atoms with Crippen LogP contribution in [0, 0.1) is 0 Å². The molecular weight excluding hydrogens is 378 g/mol. The van der Waals surface area contributed by atoms with Crippen LogP contribution in [0.1, 0.15) is 31.4 Å². The summed E-state index contributed by atoms with van der Waals surface area (Å²) in [6.07, 6.45) is 5.04. The van der Waals surface area contributed by atoms with Gasteiger partial charge in [-0.25, -0.2) is 0 Å². The summed E-state index contributed by atoms with van der Waals surface area (Å²) in [5.41, 5.74) is 2.73. The first kappa shape index (κ1) is 16.7. The maximum Gasteiger partial charge on any atom is 0.212 e. The van der Waals surface area contributed by atoms with Crippen molar-refractivity contribution in [1.29, 1.82) is 0 Å². The van der Waals surface area contributed by atoms with Crippen molar-refractivity contribution in [2.75, 3.05) is 18.1 Å². The number of benzene rings is 2. The molecule has 0 bridgehead atoms. The average Bonchev–Trinajstić information content (AvgIpc) is 2.78. The normalized spacial score (nSPS) is 22.6. The first-order valence-electron chi connectivity index (χ1n) is 8.65. The second-order valence-electron chi connectivity index (χ2n) is 7.18. The minimum atomic E-state index is -0.591. The monoisotopic (exact) mass is 399 g/mol. The van der Waals surface area contributed by atoms with E-state index in [0.29, 0.717) is 6.42 Å². The van der Waals surface area contributed by atoms with Gasteiger partial charge < -0.3 is 14.7 Å². The third-order valence-corrected chi connectivity index (χ3v) is 5.92. The highest BCUT2D eigenvalue weighted by molar-refractivity contribution is 9.10. The van der Waals surface area contributed by atoms with Crippen LogP contribution in [0.25, 0.3) is 6.08 Å². The Labute approximate surface area is 157 Å². The third kappa shape index (κ3) is 2.35. The Morgan fingerprint density at radius 2 is 1.96 bits per heavy atom. The maximum absolute atomic E-state index is 9.39. The Kier molecular flexibility index (Phi) is 3.93. The van der Waals surface area contributed by atoms with Gasteiger partial charge in [-0.15, -0.1) is 0 Å². The smallest absolute Gasteiger partial charge is 0.212 e. The lowest BCUT2D eigenvalue weighted by Gasteiger charge is -2.47. The Morgan fingerprint density at radius 3 is 2.76 bits per heavy atom. The largest absolute Gasteiger partial charge is 0.463 e. The number of nitrogens with zero attached hydrogens (tertiary/aromatic N) is 1. The third-order valence-electron chi connectivity index (χ3n) is 5.43. The van der Waals surface area contributed by atoms with Crippen molar-refractivity contribution in [3.63, 3.8) is 0 Å². The van der Waals surface area contributed by atoms with Gasteiger partial charge in [-0.1, -0.05) is 34.1 Å². The van der Waals surface area contributed by atoms with Crippen molar-refractivity contribution in [3.8, 4) is 5.75 Å². The van der Waals surface area contributed by atoms with Gasteiger partial charge in [0.15, 0.2) is 0 Å². The molecule has 1 atom stereocenters. The van der Waals surface area contributed by atoms with Crippen molar-refractivity contribution in [3.05, 3.63) is 64.1 Å². The van der Waals surface area contributed by atoms with Gasteiger partial charge in [0.2, 0.25) is 5.72 Å². The predicted octanol–water partition coefficient (Wildman–Crippen LogP) is 4.73. The zero-order valence-corrected chi connectivity index (χ0v) is 16.1. The van der Waals surface area contributed by atoms with Crippen LogP contribution >= 0.6 is 15.9 Å². The average molecular weight is 400 g/mol. The topological polar surface area (TPSA) is 32.7 Å². The lowest BCUT2D eigenvalue weighted by Crippen LogP contribution is -2.59. The quantitative estimate of drug-likeness (QED) is 0.809. The molecule has 1 spiro atoms. The van der Waals surface area contributed by atoms with Gasteiger partial charge in [0.25, 0.3) is 0 Å². The van der Waals surface area contributed by atoms with Crippen LogP contribution in [0.5, 0.6) is 5.75 Å². The molecule has 0 saturated heterocycles. The SMILES string of the molecule is CC1(C)c2ccccc2N(CCCO)C12C=Cc1cc(Br)ccc1O2. The van der Waals surface area contributed by atoms with Crippen molar-refractivity contribution in [2.24, 2.45) is 0 Å². The number of rotatable bonds is 3. The summed E-state index contributed by atoms with van der Waals surface area (Å²) < 4.78 is 7.72.